The Morgan fingerprint density at radius 2 is 1.72 bits per heavy atom. The Hall–Kier alpha value is -2.90. The molecule has 0 amide bonds. The third-order valence-corrected chi connectivity index (χ3v) is 4.77. The van der Waals surface area contributed by atoms with Crippen LogP contribution in [0.25, 0.3) is 0 Å². The Kier molecular flexibility index (Phi) is 6.85. The molecule has 0 aliphatic carbocycles. The summed E-state index contributed by atoms with van der Waals surface area (Å²) in [6, 6.07) is 12.5. The number of anilines is 4. The van der Waals surface area contributed by atoms with Gasteiger partial charge in [0, 0.05) is 10.7 Å². The zero-order chi connectivity index (χ0) is 20.8. The van der Waals surface area contributed by atoms with E-state index in [4.69, 9.17) is 23.2 Å². The molecule has 2 N–H and O–H groups in total. The van der Waals surface area contributed by atoms with Gasteiger partial charge < -0.3 is 10.6 Å². The molecule has 0 aliphatic rings. The second kappa shape index (κ2) is 9.54. The molecule has 150 valence electrons. The molecule has 29 heavy (non-hydrogen) atoms. The van der Waals surface area contributed by atoms with Crippen LogP contribution in [0.4, 0.5) is 28.7 Å². The Bertz CT molecular complexity index is 1010. The molecule has 0 atom stereocenters. The van der Waals surface area contributed by atoms with Crippen molar-refractivity contribution in [3.8, 4) is 0 Å². The molecule has 0 fully saturated rings. The smallest absolute Gasteiger partial charge is 0.334 e. The molecule has 1 heterocycles. The predicted molar refractivity (Wildman–Crippen MR) is 117 cm³/mol. The van der Waals surface area contributed by atoms with E-state index in [1.807, 2.05) is 24.3 Å². The van der Waals surface area contributed by atoms with E-state index in [1.165, 1.54) is 18.0 Å². The van der Waals surface area contributed by atoms with E-state index in [0.717, 1.165) is 19.3 Å². The first kappa shape index (κ1) is 20.8. The number of nitrogens with one attached hydrogen (secondary N) is 2. The second-order valence-corrected chi connectivity index (χ2v) is 7.19. The van der Waals surface area contributed by atoms with Crippen molar-refractivity contribution in [1.29, 1.82) is 0 Å². The van der Waals surface area contributed by atoms with Crippen LogP contribution in [0, 0.1) is 10.1 Å². The van der Waals surface area contributed by atoms with E-state index in [9.17, 15) is 10.1 Å². The average Bonchev–Trinajstić information content (AvgIpc) is 2.69. The van der Waals surface area contributed by atoms with Gasteiger partial charge in [-0.25, -0.2) is 9.97 Å². The van der Waals surface area contributed by atoms with Gasteiger partial charge in [-0.3, -0.25) is 10.1 Å². The maximum Gasteiger partial charge on any atom is 0.353 e. The standard InChI is InChI=1S/C20H19Cl2N5O2/c1-2-3-4-13-5-8-15(9-6-13)25-19-18(27(28)29)20(24-12-23-19)26-17-10-7-14(21)11-16(17)22/h5-12H,2-4H2,1H3,(H2,23,24,25,26). The maximum absolute atomic E-state index is 11.7. The summed E-state index contributed by atoms with van der Waals surface area (Å²) in [6.07, 6.45) is 4.49. The Morgan fingerprint density at radius 3 is 2.34 bits per heavy atom. The molecular weight excluding hydrogens is 413 g/mol. The van der Waals surface area contributed by atoms with Crippen molar-refractivity contribution < 1.29 is 4.92 Å². The first-order chi connectivity index (χ1) is 14.0. The van der Waals surface area contributed by atoms with Crippen molar-refractivity contribution in [2.45, 2.75) is 26.2 Å². The van der Waals surface area contributed by atoms with Crippen molar-refractivity contribution in [2.75, 3.05) is 10.6 Å². The topological polar surface area (TPSA) is 93.0 Å². The monoisotopic (exact) mass is 431 g/mol. The number of halogens is 2. The van der Waals surface area contributed by atoms with Gasteiger partial charge in [-0.05, 0) is 48.7 Å². The summed E-state index contributed by atoms with van der Waals surface area (Å²) in [5.74, 6) is 0.107. The third kappa shape index (κ3) is 5.34. The Balaban J connectivity index is 1.87. The fraction of sp³-hybridized carbons (Fsp3) is 0.200. The fourth-order valence-electron chi connectivity index (χ4n) is 2.73. The molecule has 0 unspecified atom stereocenters. The van der Waals surface area contributed by atoms with Crippen molar-refractivity contribution >= 4 is 51.9 Å². The molecule has 3 aromatic rings. The minimum atomic E-state index is -0.538. The highest BCUT2D eigenvalue weighted by molar-refractivity contribution is 6.36. The zero-order valence-electron chi connectivity index (χ0n) is 15.7. The first-order valence-electron chi connectivity index (χ1n) is 9.05. The fourth-order valence-corrected chi connectivity index (χ4v) is 3.18. The van der Waals surface area contributed by atoms with E-state index < -0.39 is 4.92 Å². The van der Waals surface area contributed by atoms with E-state index in [-0.39, 0.29) is 17.3 Å². The van der Waals surface area contributed by atoms with E-state index in [2.05, 4.69) is 27.5 Å². The van der Waals surface area contributed by atoms with Crippen molar-refractivity contribution in [3.63, 3.8) is 0 Å². The molecule has 0 radical (unpaired) electrons. The molecule has 0 saturated carbocycles. The molecule has 1 aromatic heterocycles. The Morgan fingerprint density at radius 1 is 1.03 bits per heavy atom. The number of nitro groups is 1. The quantitative estimate of drug-likeness (QED) is 0.311. The number of unbranched alkanes of at least 4 members (excludes halogenated alkanes) is 1. The van der Waals surface area contributed by atoms with Crippen LogP contribution in [0.1, 0.15) is 25.3 Å². The lowest BCUT2D eigenvalue weighted by Crippen LogP contribution is -2.05. The van der Waals surface area contributed by atoms with Crippen molar-refractivity contribution in [2.24, 2.45) is 0 Å². The molecular formula is C20H19Cl2N5O2. The van der Waals surface area contributed by atoms with Gasteiger partial charge in [-0.15, -0.1) is 0 Å². The molecule has 7 nitrogen and oxygen atoms in total. The van der Waals surface area contributed by atoms with Gasteiger partial charge in [0.25, 0.3) is 0 Å². The van der Waals surface area contributed by atoms with E-state index in [1.54, 1.807) is 12.1 Å². The van der Waals surface area contributed by atoms with Gasteiger partial charge >= 0.3 is 5.69 Å². The number of benzene rings is 2. The third-order valence-electron chi connectivity index (χ3n) is 4.22. The molecule has 0 saturated heterocycles. The van der Waals surface area contributed by atoms with Crippen LogP contribution in [0.3, 0.4) is 0 Å². The predicted octanol–water partition coefficient (Wildman–Crippen LogP) is 6.52. The highest BCUT2D eigenvalue weighted by Crippen LogP contribution is 2.35. The van der Waals surface area contributed by atoms with Gasteiger partial charge in [-0.2, -0.15) is 0 Å². The van der Waals surface area contributed by atoms with Crippen molar-refractivity contribution in [1.82, 2.24) is 9.97 Å². The van der Waals surface area contributed by atoms with Crippen LogP contribution in [-0.4, -0.2) is 14.9 Å². The summed E-state index contributed by atoms with van der Waals surface area (Å²) >= 11 is 12.1. The van der Waals surface area contributed by atoms with Crippen LogP contribution in [0.5, 0.6) is 0 Å². The lowest BCUT2D eigenvalue weighted by molar-refractivity contribution is -0.383. The number of nitrogens with zero attached hydrogens (tertiary/aromatic N) is 3. The van der Waals surface area contributed by atoms with Crippen LogP contribution in [-0.2, 0) is 6.42 Å². The number of hydrogen-bond acceptors (Lipinski definition) is 6. The van der Waals surface area contributed by atoms with Crippen LogP contribution in [0.15, 0.2) is 48.8 Å². The first-order valence-corrected chi connectivity index (χ1v) is 9.81. The summed E-state index contributed by atoms with van der Waals surface area (Å²) in [5.41, 5.74) is 2.08. The van der Waals surface area contributed by atoms with Gasteiger partial charge in [0.1, 0.15) is 6.33 Å². The highest BCUT2D eigenvalue weighted by atomic mass is 35.5. The van der Waals surface area contributed by atoms with E-state index >= 15 is 0 Å². The van der Waals surface area contributed by atoms with Crippen LogP contribution in [0.2, 0.25) is 10.0 Å². The largest absolute Gasteiger partial charge is 0.353 e. The number of aromatic nitrogens is 2. The normalized spacial score (nSPS) is 10.6. The zero-order valence-corrected chi connectivity index (χ0v) is 17.2. The number of rotatable bonds is 8. The summed E-state index contributed by atoms with van der Waals surface area (Å²) in [6.45, 7) is 2.15. The molecule has 9 heteroatoms. The van der Waals surface area contributed by atoms with Gasteiger partial charge in [0.05, 0.1) is 15.6 Å². The molecule has 2 aromatic carbocycles. The lowest BCUT2D eigenvalue weighted by Gasteiger charge is -2.11. The summed E-state index contributed by atoms with van der Waals surface area (Å²) in [7, 11) is 0. The van der Waals surface area contributed by atoms with E-state index in [0.29, 0.717) is 21.4 Å². The van der Waals surface area contributed by atoms with Crippen molar-refractivity contribution in [3.05, 3.63) is 74.5 Å². The number of hydrogen-bond donors (Lipinski definition) is 2. The molecule has 0 spiro atoms. The van der Waals surface area contributed by atoms with Gasteiger partial charge in [-0.1, -0.05) is 48.7 Å². The summed E-state index contributed by atoms with van der Waals surface area (Å²) < 4.78 is 0. The maximum atomic E-state index is 11.7. The summed E-state index contributed by atoms with van der Waals surface area (Å²) in [4.78, 5) is 19.2. The summed E-state index contributed by atoms with van der Waals surface area (Å²) in [5, 5.41) is 18.4. The lowest BCUT2D eigenvalue weighted by atomic mass is 10.1. The van der Waals surface area contributed by atoms with Gasteiger partial charge in [0.15, 0.2) is 0 Å². The van der Waals surface area contributed by atoms with Gasteiger partial charge in [0.2, 0.25) is 11.6 Å². The highest BCUT2D eigenvalue weighted by Gasteiger charge is 2.24. The minimum Gasteiger partial charge on any atom is -0.334 e. The second-order valence-electron chi connectivity index (χ2n) is 6.35. The SMILES string of the molecule is CCCCc1ccc(Nc2ncnc(Nc3ccc(Cl)cc3Cl)c2[N+](=O)[O-])cc1. The molecule has 0 aliphatic heterocycles. The minimum absolute atomic E-state index is 0.0243. The number of aryl methyl sites for hydroxylation is 1. The molecule has 0 bridgehead atoms. The van der Waals surface area contributed by atoms with Crippen LogP contribution < -0.4 is 10.6 Å². The Labute approximate surface area is 178 Å². The average molecular weight is 432 g/mol. The molecule has 3 rings (SSSR count). The van der Waals surface area contributed by atoms with Crippen LogP contribution >= 0.6 is 23.2 Å².